The summed E-state index contributed by atoms with van der Waals surface area (Å²) in [6.45, 7) is -0.441. The minimum Gasteiger partial charge on any atom is -0.451 e. The van der Waals surface area contributed by atoms with Crippen LogP contribution in [0.4, 0.5) is 0 Å². The van der Waals surface area contributed by atoms with Crippen LogP contribution in [0, 0.1) is 0 Å². The summed E-state index contributed by atoms with van der Waals surface area (Å²) >= 11 is 2.80. The van der Waals surface area contributed by atoms with Crippen molar-refractivity contribution >= 4 is 54.6 Å². The number of rotatable bonds is 5. The van der Waals surface area contributed by atoms with Crippen molar-refractivity contribution < 1.29 is 22.7 Å². The Morgan fingerprint density at radius 1 is 1.18 bits per heavy atom. The summed E-state index contributed by atoms with van der Waals surface area (Å²) in [5.41, 5.74) is 0.908. The number of hydrogen-bond acceptors (Lipinski definition) is 8. The number of carbonyl (C=O) groups is 2. The van der Waals surface area contributed by atoms with E-state index in [1.807, 2.05) is 30.3 Å². The van der Waals surface area contributed by atoms with E-state index in [-0.39, 0.29) is 11.5 Å². The molecule has 3 aromatic rings. The number of sulfone groups is 1. The molecule has 3 heterocycles. The second kappa shape index (κ2) is 7.61. The third-order valence-electron chi connectivity index (χ3n) is 4.24. The number of amides is 1. The molecule has 146 valence electrons. The molecule has 10 heteroatoms. The molecule has 28 heavy (non-hydrogen) atoms. The van der Waals surface area contributed by atoms with Gasteiger partial charge in [-0.05, 0) is 30.7 Å². The van der Waals surface area contributed by atoms with Gasteiger partial charge in [-0.1, -0.05) is 12.1 Å². The first kappa shape index (κ1) is 19.0. The largest absolute Gasteiger partial charge is 0.451 e. The molecule has 1 aliphatic heterocycles. The summed E-state index contributed by atoms with van der Waals surface area (Å²) in [4.78, 5) is 29.9. The molecular weight excluding hydrogens is 420 g/mol. The van der Waals surface area contributed by atoms with Crippen molar-refractivity contribution in [3.63, 3.8) is 0 Å². The predicted octanol–water partition coefficient (Wildman–Crippen LogP) is 2.48. The van der Waals surface area contributed by atoms with Gasteiger partial charge in [0.15, 0.2) is 16.4 Å². The highest BCUT2D eigenvalue weighted by Gasteiger charge is 2.29. The highest BCUT2D eigenvalue weighted by Crippen LogP contribution is 2.34. The van der Waals surface area contributed by atoms with Gasteiger partial charge in [-0.25, -0.2) is 18.2 Å². The van der Waals surface area contributed by atoms with Gasteiger partial charge in [-0.3, -0.25) is 4.79 Å². The van der Waals surface area contributed by atoms with Crippen LogP contribution in [0.5, 0.6) is 0 Å². The zero-order valence-corrected chi connectivity index (χ0v) is 17.0. The fourth-order valence-electron chi connectivity index (χ4n) is 2.92. The van der Waals surface area contributed by atoms with Gasteiger partial charge in [0.2, 0.25) is 0 Å². The average molecular weight is 437 g/mol. The predicted molar refractivity (Wildman–Crippen MR) is 108 cm³/mol. The fraction of sp³-hybridized carbons (Fsp3) is 0.278. The Balaban J connectivity index is 1.35. The maximum Gasteiger partial charge on any atom is 0.348 e. The number of ether oxygens (including phenoxy) is 1. The van der Waals surface area contributed by atoms with Crippen LogP contribution >= 0.6 is 22.7 Å². The molecule has 2 aromatic heterocycles. The molecule has 0 unspecified atom stereocenters. The second-order valence-corrected chi connectivity index (χ2v) is 10.7. The van der Waals surface area contributed by atoms with Crippen LogP contribution in [-0.2, 0) is 19.4 Å². The molecule has 0 aliphatic carbocycles. The Kier molecular flexibility index (Phi) is 5.17. The van der Waals surface area contributed by atoms with Crippen LogP contribution in [0.25, 0.3) is 20.1 Å². The van der Waals surface area contributed by atoms with Gasteiger partial charge < -0.3 is 10.1 Å². The van der Waals surface area contributed by atoms with Crippen LogP contribution in [0.15, 0.2) is 36.4 Å². The molecule has 4 rings (SSSR count). The molecule has 1 N–H and O–H groups in total. The average Bonchev–Trinajstić information content (AvgIpc) is 3.37. The number of carbonyl (C=O) groups excluding carboxylic acids is 2. The Morgan fingerprint density at radius 3 is 2.75 bits per heavy atom. The number of para-hydroxylation sites is 1. The molecule has 1 fully saturated rings. The van der Waals surface area contributed by atoms with Crippen molar-refractivity contribution in [2.75, 3.05) is 18.1 Å². The number of aromatic nitrogens is 1. The van der Waals surface area contributed by atoms with Crippen LogP contribution in [0.1, 0.15) is 16.1 Å². The normalized spacial score (nSPS) is 18.2. The number of nitrogens with zero attached hydrogens (tertiary/aromatic N) is 1. The van der Waals surface area contributed by atoms with Crippen LogP contribution < -0.4 is 5.32 Å². The van der Waals surface area contributed by atoms with E-state index in [9.17, 15) is 18.0 Å². The van der Waals surface area contributed by atoms with E-state index >= 15 is 0 Å². The molecule has 7 nitrogen and oxygen atoms in total. The second-order valence-electron chi connectivity index (χ2n) is 6.39. The Labute approximate surface area is 169 Å². The van der Waals surface area contributed by atoms with Gasteiger partial charge in [-0.2, -0.15) is 0 Å². The SMILES string of the molecule is O=C(COC(=O)c1ccc(-c2nc3ccccc3s2)s1)N[C@@H]1CCS(=O)(=O)C1. The molecule has 1 aliphatic rings. The quantitative estimate of drug-likeness (QED) is 0.617. The van der Waals surface area contributed by atoms with Crippen LogP contribution in [0.2, 0.25) is 0 Å². The maximum atomic E-state index is 12.2. The van der Waals surface area contributed by atoms with Gasteiger partial charge in [-0.15, -0.1) is 22.7 Å². The van der Waals surface area contributed by atoms with Crippen molar-refractivity contribution in [3.8, 4) is 9.88 Å². The Morgan fingerprint density at radius 2 is 2.00 bits per heavy atom. The monoisotopic (exact) mass is 436 g/mol. The lowest BCUT2D eigenvalue weighted by atomic mass is 10.2. The van der Waals surface area contributed by atoms with E-state index in [4.69, 9.17) is 4.74 Å². The summed E-state index contributed by atoms with van der Waals surface area (Å²) in [6, 6.07) is 10.9. The molecule has 0 spiro atoms. The summed E-state index contributed by atoms with van der Waals surface area (Å²) in [6.07, 6.45) is 0.387. The molecular formula is C18H16N2O5S3. The zero-order chi connectivity index (χ0) is 19.7. The van der Waals surface area contributed by atoms with Crippen molar-refractivity contribution in [3.05, 3.63) is 41.3 Å². The lowest BCUT2D eigenvalue weighted by Crippen LogP contribution is -2.38. The van der Waals surface area contributed by atoms with Crippen molar-refractivity contribution in [1.29, 1.82) is 0 Å². The molecule has 1 amide bonds. The summed E-state index contributed by atoms with van der Waals surface area (Å²) in [5.74, 6) is -1.09. The first-order valence-electron chi connectivity index (χ1n) is 8.52. The summed E-state index contributed by atoms with van der Waals surface area (Å²) in [7, 11) is -3.07. The minimum atomic E-state index is -3.07. The highest BCUT2D eigenvalue weighted by molar-refractivity contribution is 7.91. The van der Waals surface area contributed by atoms with Gasteiger partial charge in [0.1, 0.15) is 9.88 Å². The van der Waals surface area contributed by atoms with E-state index < -0.39 is 34.4 Å². The Bertz CT molecular complexity index is 1120. The number of nitrogens with one attached hydrogen (secondary N) is 1. The number of thiophene rings is 1. The minimum absolute atomic E-state index is 0.0663. The van der Waals surface area contributed by atoms with Crippen molar-refractivity contribution in [2.45, 2.75) is 12.5 Å². The Hall–Kier alpha value is -2.30. The van der Waals surface area contributed by atoms with Crippen molar-refractivity contribution in [1.82, 2.24) is 10.3 Å². The lowest BCUT2D eigenvalue weighted by Gasteiger charge is -2.10. The first-order valence-corrected chi connectivity index (χ1v) is 12.0. The van der Waals surface area contributed by atoms with Gasteiger partial charge in [0, 0.05) is 6.04 Å². The summed E-state index contributed by atoms with van der Waals surface area (Å²) in [5, 5.41) is 3.41. The van der Waals surface area contributed by atoms with Gasteiger partial charge in [0.05, 0.1) is 26.6 Å². The molecule has 0 radical (unpaired) electrons. The van der Waals surface area contributed by atoms with E-state index in [0.717, 1.165) is 20.1 Å². The number of benzene rings is 1. The zero-order valence-electron chi connectivity index (χ0n) is 14.6. The first-order chi connectivity index (χ1) is 13.4. The lowest BCUT2D eigenvalue weighted by molar-refractivity contribution is -0.124. The van der Waals surface area contributed by atoms with Gasteiger partial charge >= 0.3 is 5.97 Å². The topological polar surface area (TPSA) is 102 Å². The standard InChI is InChI=1S/C18H16N2O5S3/c21-16(19-11-7-8-28(23,24)10-11)9-25-18(22)15-6-5-14(26-15)17-20-12-3-1-2-4-13(12)27-17/h1-6,11H,7-10H2,(H,19,21)/t11-/m1/s1. The number of thiazole rings is 1. The van der Waals surface area contributed by atoms with E-state index in [2.05, 4.69) is 10.3 Å². The molecule has 0 saturated carbocycles. The van der Waals surface area contributed by atoms with Crippen LogP contribution in [-0.4, -0.2) is 49.4 Å². The smallest absolute Gasteiger partial charge is 0.348 e. The molecule has 0 bridgehead atoms. The molecule has 1 atom stereocenters. The number of fused-ring (bicyclic) bond motifs is 1. The number of esters is 1. The van der Waals surface area contributed by atoms with Crippen molar-refractivity contribution in [2.24, 2.45) is 0 Å². The highest BCUT2D eigenvalue weighted by atomic mass is 32.2. The van der Waals surface area contributed by atoms with Gasteiger partial charge in [0.25, 0.3) is 5.91 Å². The third-order valence-corrected chi connectivity index (χ3v) is 8.28. The summed E-state index contributed by atoms with van der Waals surface area (Å²) < 4.78 is 28.9. The third kappa shape index (κ3) is 4.23. The maximum absolute atomic E-state index is 12.2. The molecule has 1 aromatic carbocycles. The number of hydrogen-bond donors (Lipinski definition) is 1. The van der Waals surface area contributed by atoms with Crippen LogP contribution in [0.3, 0.4) is 0 Å². The van der Waals surface area contributed by atoms with E-state index in [0.29, 0.717) is 11.3 Å². The van der Waals surface area contributed by atoms with E-state index in [1.54, 1.807) is 17.4 Å². The fourth-order valence-corrected chi connectivity index (χ4v) is 6.51. The molecule has 1 saturated heterocycles. The van der Waals surface area contributed by atoms with E-state index in [1.165, 1.54) is 11.3 Å².